The Bertz CT molecular complexity index is 287. The number of ether oxygens (including phenoxy) is 1. The van der Waals surface area contributed by atoms with E-state index in [2.05, 4.69) is 0 Å². The van der Waals surface area contributed by atoms with Crippen LogP contribution < -0.4 is 0 Å². The molecule has 3 nitrogen and oxygen atoms in total. The highest BCUT2D eigenvalue weighted by Crippen LogP contribution is 2.33. The third-order valence-corrected chi connectivity index (χ3v) is 4.79. The quantitative estimate of drug-likeness (QED) is 0.728. The summed E-state index contributed by atoms with van der Waals surface area (Å²) in [6.45, 7) is 7.57. The molecule has 0 aromatic rings. The van der Waals surface area contributed by atoms with Gasteiger partial charge in [0, 0.05) is 5.75 Å². The summed E-state index contributed by atoms with van der Waals surface area (Å²) >= 11 is 0. The van der Waals surface area contributed by atoms with Crippen LogP contribution in [0, 0.1) is 0 Å². The molecule has 0 aliphatic heterocycles. The van der Waals surface area contributed by atoms with Crippen LogP contribution in [0.1, 0.15) is 40.5 Å². The molecule has 84 valence electrons. The summed E-state index contributed by atoms with van der Waals surface area (Å²) in [5.41, 5.74) is -0.243. The zero-order valence-electron chi connectivity index (χ0n) is 9.41. The third kappa shape index (κ3) is 2.70. The lowest BCUT2D eigenvalue weighted by Gasteiger charge is -2.39. The first-order chi connectivity index (χ1) is 6.26. The number of rotatable bonds is 3. The summed E-state index contributed by atoms with van der Waals surface area (Å²) in [6, 6.07) is 0. The Kier molecular flexibility index (Phi) is 3.26. The van der Waals surface area contributed by atoms with E-state index < -0.39 is 9.84 Å². The third-order valence-electron chi connectivity index (χ3n) is 2.52. The number of hydrogen-bond donors (Lipinski definition) is 0. The van der Waals surface area contributed by atoms with E-state index in [0.29, 0.717) is 0 Å². The molecule has 0 radical (unpaired) electrons. The van der Waals surface area contributed by atoms with Gasteiger partial charge in [0.15, 0.2) is 9.84 Å². The van der Waals surface area contributed by atoms with Crippen LogP contribution in [-0.2, 0) is 14.6 Å². The van der Waals surface area contributed by atoms with Gasteiger partial charge in [0.2, 0.25) is 0 Å². The number of hydrogen-bond acceptors (Lipinski definition) is 3. The lowest BCUT2D eigenvalue weighted by molar-refractivity contribution is -0.0888. The van der Waals surface area contributed by atoms with Crippen LogP contribution in [0.5, 0.6) is 0 Å². The molecule has 0 unspecified atom stereocenters. The molecule has 0 aromatic heterocycles. The van der Waals surface area contributed by atoms with Crippen LogP contribution in [0.3, 0.4) is 0 Å². The second-order valence-corrected chi connectivity index (χ2v) is 7.34. The molecule has 0 aromatic carbocycles. The smallest absolute Gasteiger partial charge is 0.155 e. The van der Waals surface area contributed by atoms with Gasteiger partial charge in [0.1, 0.15) is 0 Å². The highest BCUT2D eigenvalue weighted by atomic mass is 32.2. The van der Waals surface area contributed by atoms with E-state index >= 15 is 0 Å². The molecule has 0 spiro atoms. The summed E-state index contributed by atoms with van der Waals surface area (Å²) in [5.74, 6) is 0.224. The van der Waals surface area contributed by atoms with Crippen LogP contribution in [0.15, 0.2) is 0 Å². The van der Waals surface area contributed by atoms with Gasteiger partial charge in [-0.1, -0.05) is 6.92 Å². The zero-order valence-corrected chi connectivity index (χ0v) is 10.2. The van der Waals surface area contributed by atoms with Gasteiger partial charge >= 0.3 is 0 Å². The summed E-state index contributed by atoms with van der Waals surface area (Å²) < 4.78 is 28.9. The van der Waals surface area contributed by atoms with Gasteiger partial charge in [-0.3, -0.25) is 0 Å². The maximum Gasteiger partial charge on any atom is 0.155 e. The SMILES string of the molecule is CCS(=O)(=O)[C@@H]1CC[C@H]1OC(C)(C)C. The fourth-order valence-corrected chi connectivity index (χ4v) is 3.23. The Hall–Kier alpha value is -0.0900. The Morgan fingerprint density at radius 3 is 2.14 bits per heavy atom. The van der Waals surface area contributed by atoms with Crippen molar-refractivity contribution in [2.24, 2.45) is 0 Å². The van der Waals surface area contributed by atoms with Gasteiger partial charge in [0.25, 0.3) is 0 Å². The van der Waals surface area contributed by atoms with Crippen LogP contribution >= 0.6 is 0 Å². The molecule has 1 rings (SSSR count). The van der Waals surface area contributed by atoms with E-state index in [-0.39, 0.29) is 22.7 Å². The van der Waals surface area contributed by atoms with Gasteiger partial charge in [-0.25, -0.2) is 8.42 Å². The molecule has 0 saturated heterocycles. The lowest BCUT2D eigenvalue weighted by Crippen LogP contribution is -2.48. The van der Waals surface area contributed by atoms with Gasteiger partial charge < -0.3 is 4.74 Å². The zero-order chi connectivity index (χ0) is 11.0. The first-order valence-corrected chi connectivity index (χ1v) is 6.87. The van der Waals surface area contributed by atoms with Crippen molar-refractivity contribution in [1.82, 2.24) is 0 Å². The fourth-order valence-electron chi connectivity index (χ4n) is 1.65. The van der Waals surface area contributed by atoms with Crippen LogP contribution in [-0.4, -0.2) is 31.1 Å². The minimum atomic E-state index is -2.91. The van der Waals surface area contributed by atoms with E-state index in [1.165, 1.54) is 0 Å². The van der Waals surface area contributed by atoms with E-state index in [0.717, 1.165) is 12.8 Å². The Morgan fingerprint density at radius 2 is 1.86 bits per heavy atom. The average Bonchev–Trinajstić information content (AvgIpc) is 1.96. The highest BCUT2D eigenvalue weighted by molar-refractivity contribution is 7.92. The first-order valence-electron chi connectivity index (χ1n) is 5.15. The maximum atomic E-state index is 11.6. The molecule has 0 heterocycles. The van der Waals surface area contributed by atoms with E-state index in [9.17, 15) is 8.42 Å². The molecule has 0 amide bonds. The first kappa shape index (κ1) is 12.0. The standard InChI is InChI=1S/C10H20O3S/c1-5-14(11,12)9-7-6-8(9)13-10(2,3)4/h8-9H,5-7H2,1-4H3/t8-,9-/m1/s1. The second-order valence-electron chi connectivity index (χ2n) is 4.84. The van der Waals surface area contributed by atoms with Crippen molar-refractivity contribution >= 4 is 9.84 Å². The largest absolute Gasteiger partial charge is 0.371 e. The summed E-state index contributed by atoms with van der Waals surface area (Å²) in [5, 5.41) is -0.258. The van der Waals surface area contributed by atoms with Crippen molar-refractivity contribution in [3.63, 3.8) is 0 Å². The molecule has 14 heavy (non-hydrogen) atoms. The average molecular weight is 220 g/mol. The Morgan fingerprint density at radius 1 is 1.29 bits per heavy atom. The maximum absolute atomic E-state index is 11.6. The highest BCUT2D eigenvalue weighted by Gasteiger charge is 2.42. The summed E-state index contributed by atoms with van der Waals surface area (Å²) in [4.78, 5) is 0. The van der Waals surface area contributed by atoms with Crippen molar-refractivity contribution in [3.05, 3.63) is 0 Å². The van der Waals surface area contributed by atoms with Crippen molar-refractivity contribution < 1.29 is 13.2 Å². The van der Waals surface area contributed by atoms with E-state index in [4.69, 9.17) is 4.74 Å². The van der Waals surface area contributed by atoms with Gasteiger partial charge in [-0.2, -0.15) is 0 Å². The van der Waals surface area contributed by atoms with Crippen molar-refractivity contribution in [1.29, 1.82) is 0 Å². The molecule has 1 aliphatic carbocycles. The predicted octanol–water partition coefficient (Wildman–Crippen LogP) is 1.77. The summed E-state index contributed by atoms with van der Waals surface area (Å²) in [7, 11) is -2.91. The minimum absolute atomic E-state index is 0.0834. The Labute approximate surface area is 86.8 Å². The van der Waals surface area contributed by atoms with Gasteiger partial charge in [-0.15, -0.1) is 0 Å². The molecule has 2 atom stereocenters. The van der Waals surface area contributed by atoms with E-state index in [1.807, 2.05) is 20.8 Å². The van der Waals surface area contributed by atoms with Crippen LogP contribution in [0.4, 0.5) is 0 Å². The summed E-state index contributed by atoms with van der Waals surface area (Å²) in [6.07, 6.45) is 1.55. The number of sulfone groups is 1. The molecular formula is C10H20O3S. The molecule has 0 N–H and O–H groups in total. The molecular weight excluding hydrogens is 200 g/mol. The fraction of sp³-hybridized carbons (Fsp3) is 1.00. The molecule has 1 saturated carbocycles. The lowest BCUT2D eigenvalue weighted by atomic mass is 9.94. The van der Waals surface area contributed by atoms with Crippen LogP contribution in [0.2, 0.25) is 0 Å². The van der Waals surface area contributed by atoms with Crippen molar-refractivity contribution in [3.8, 4) is 0 Å². The predicted molar refractivity (Wildman–Crippen MR) is 57.1 cm³/mol. The minimum Gasteiger partial charge on any atom is -0.371 e. The molecule has 4 heteroatoms. The van der Waals surface area contributed by atoms with Gasteiger partial charge in [0.05, 0.1) is 17.0 Å². The van der Waals surface area contributed by atoms with Gasteiger partial charge in [-0.05, 0) is 33.6 Å². The van der Waals surface area contributed by atoms with Crippen LogP contribution in [0.25, 0.3) is 0 Å². The molecule has 0 bridgehead atoms. The van der Waals surface area contributed by atoms with Crippen molar-refractivity contribution in [2.75, 3.05) is 5.75 Å². The normalized spacial score (nSPS) is 28.6. The molecule has 1 fully saturated rings. The van der Waals surface area contributed by atoms with Crippen molar-refractivity contribution in [2.45, 2.75) is 57.5 Å². The Balaban J connectivity index is 2.60. The monoisotopic (exact) mass is 220 g/mol. The molecule has 1 aliphatic rings. The second kappa shape index (κ2) is 3.81. The topological polar surface area (TPSA) is 43.4 Å². The van der Waals surface area contributed by atoms with E-state index in [1.54, 1.807) is 6.92 Å².